The highest BCUT2D eigenvalue weighted by Crippen LogP contribution is 2.29. The van der Waals surface area contributed by atoms with Crippen LogP contribution in [0.5, 0.6) is 0 Å². The quantitative estimate of drug-likeness (QED) is 0.745. The molecule has 1 fully saturated rings. The van der Waals surface area contributed by atoms with Gasteiger partial charge in [0.25, 0.3) is 0 Å². The molecule has 1 N–H and O–H groups in total. The minimum atomic E-state index is -0.430. The van der Waals surface area contributed by atoms with E-state index in [1.807, 2.05) is 20.8 Å². The highest BCUT2D eigenvalue weighted by molar-refractivity contribution is 6.20. The van der Waals surface area contributed by atoms with Crippen molar-refractivity contribution in [2.24, 2.45) is 5.92 Å². The van der Waals surface area contributed by atoms with Crippen molar-refractivity contribution in [1.82, 2.24) is 5.32 Å². The second-order valence-electron chi connectivity index (χ2n) is 5.09. The van der Waals surface area contributed by atoms with Gasteiger partial charge in [-0.15, -0.1) is 11.6 Å². The molecule has 1 rings (SSSR count). The molecule has 2 unspecified atom stereocenters. The molecule has 0 radical (unpaired) electrons. The molecule has 0 saturated heterocycles. The van der Waals surface area contributed by atoms with Crippen molar-refractivity contribution in [3.05, 3.63) is 0 Å². The largest absolute Gasteiger partial charge is 0.444 e. The van der Waals surface area contributed by atoms with E-state index >= 15 is 0 Å². The van der Waals surface area contributed by atoms with E-state index in [4.69, 9.17) is 16.3 Å². The van der Waals surface area contributed by atoms with Gasteiger partial charge >= 0.3 is 6.09 Å². The Bertz CT molecular complexity index is 225. The van der Waals surface area contributed by atoms with Gasteiger partial charge in [0.05, 0.1) is 0 Å². The Morgan fingerprint density at radius 1 is 1.47 bits per heavy atom. The number of alkyl carbamates (subject to hydrolysis) is 1. The Balaban J connectivity index is 2.22. The Hall–Kier alpha value is -0.440. The van der Waals surface area contributed by atoms with Gasteiger partial charge in [-0.2, -0.15) is 0 Å². The first-order valence-electron chi connectivity index (χ1n) is 5.49. The Kier molecular flexibility index (Phi) is 4.26. The smallest absolute Gasteiger partial charge is 0.407 e. The standard InChI is InChI=1S/C11H20ClNO2/c1-11(2,3)15-10(14)13-7-8-5-4-6-9(8)12/h8-9H,4-7H2,1-3H3,(H,13,14). The summed E-state index contributed by atoms with van der Waals surface area (Å²) in [6.45, 7) is 6.19. The summed E-state index contributed by atoms with van der Waals surface area (Å²) in [6, 6.07) is 0. The normalized spacial score (nSPS) is 26.4. The first-order chi connectivity index (χ1) is 6.88. The number of alkyl halides is 1. The van der Waals surface area contributed by atoms with Crippen molar-refractivity contribution in [1.29, 1.82) is 0 Å². The zero-order valence-electron chi connectivity index (χ0n) is 9.68. The van der Waals surface area contributed by atoms with Gasteiger partial charge in [0.15, 0.2) is 0 Å². The van der Waals surface area contributed by atoms with Crippen LogP contribution < -0.4 is 5.32 Å². The lowest BCUT2D eigenvalue weighted by atomic mass is 10.1. The maximum Gasteiger partial charge on any atom is 0.407 e. The van der Waals surface area contributed by atoms with Gasteiger partial charge in [-0.1, -0.05) is 6.42 Å². The van der Waals surface area contributed by atoms with Gasteiger partial charge in [-0.3, -0.25) is 0 Å². The number of halogens is 1. The molecule has 1 aliphatic carbocycles. The first-order valence-corrected chi connectivity index (χ1v) is 5.93. The third-order valence-electron chi connectivity index (χ3n) is 2.47. The lowest BCUT2D eigenvalue weighted by Gasteiger charge is -2.21. The maximum absolute atomic E-state index is 11.3. The SMILES string of the molecule is CC(C)(C)OC(=O)NCC1CCCC1Cl. The van der Waals surface area contributed by atoms with Crippen LogP contribution in [0.3, 0.4) is 0 Å². The van der Waals surface area contributed by atoms with Crippen LogP contribution in [-0.4, -0.2) is 23.6 Å². The molecule has 1 amide bonds. The fourth-order valence-electron chi connectivity index (χ4n) is 1.75. The molecule has 0 aliphatic heterocycles. The molecule has 0 heterocycles. The summed E-state index contributed by atoms with van der Waals surface area (Å²) >= 11 is 6.10. The van der Waals surface area contributed by atoms with E-state index in [2.05, 4.69) is 5.32 Å². The minimum Gasteiger partial charge on any atom is -0.444 e. The van der Waals surface area contributed by atoms with E-state index in [9.17, 15) is 4.79 Å². The van der Waals surface area contributed by atoms with Gasteiger partial charge in [0.1, 0.15) is 5.60 Å². The molecular formula is C11H20ClNO2. The average Bonchev–Trinajstić information content (AvgIpc) is 2.44. The van der Waals surface area contributed by atoms with Crippen LogP contribution in [0, 0.1) is 5.92 Å². The van der Waals surface area contributed by atoms with Crippen molar-refractivity contribution in [2.75, 3.05) is 6.54 Å². The Labute approximate surface area is 96.5 Å². The summed E-state index contributed by atoms with van der Waals surface area (Å²) in [7, 11) is 0. The lowest BCUT2D eigenvalue weighted by molar-refractivity contribution is 0.0520. The van der Waals surface area contributed by atoms with Crippen LogP contribution in [0.15, 0.2) is 0 Å². The Morgan fingerprint density at radius 3 is 2.60 bits per heavy atom. The summed E-state index contributed by atoms with van der Waals surface area (Å²) in [5.74, 6) is 0.402. The molecular weight excluding hydrogens is 214 g/mol. The topological polar surface area (TPSA) is 38.3 Å². The van der Waals surface area contributed by atoms with Crippen LogP contribution in [0.25, 0.3) is 0 Å². The summed E-state index contributed by atoms with van der Waals surface area (Å²) in [4.78, 5) is 11.3. The van der Waals surface area contributed by atoms with Crippen molar-refractivity contribution >= 4 is 17.7 Å². The molecule has 2 atom stereocenters. The molecule has 0 aromatic rings. The van der Waals surface area contributed by atoms with E-state index < -0.39 is 5.60 Å². The fourth-order valence-corrected chi connectivity index (χ4v) is 2.12. The van der Waals surface area contributed by atoms with Gasteiger partial charge in [-0.05, 0) is 39.5 Å². The highest BCUT2D eigenvalue weighted by Gasteiger charge is 2.26. The van der Waals surface area contributed by atoms with Crippen molar-refractivity contribution < 1.29 is 9.53 Å². The molecule has 88 valence electrons. The molecule has 0 bridgehead atoms. The van der Waals surface area contributed by atoms with Crippen LogP contribution in [-0.2, 0) is 4.74 Å². The second-order valence-corrected chi connectivity index (χ2v) is 5.65. The average molecular weight is 234 g/mol. The van der Waals surface area contributed by atoms with E-state index in [0.717, 1.165) is 19.3 Å². The Morgan fingerprint density at radius 2 is 2.13 bits per heavy atom. The lowest BCUT2D eigenvalue weighted by Crippen LogP contribution is -2.36. The summed E-state index contributed by atoms with van der Waals surface area (Å²) in [6.07, 6.45) is 2.97. The van der Waals surface area contributed by atoms with Crippen LogP contribution in [0.4, 0.5) is 4.79 Å². The number of rotatable bonds is 2. The summed E-state index contributed by atoms with van der Waals surface area (Å²) in [5.41, 5.74) is -0.430. The molecule has 1 saturated carbocycles. The van der Waals surface area contributed by atoms with Gasteiger partial charge in [-0.25, -0.2) is 4.79 Å². The predicted molar refractivity (Wildman–Crippen MR) is 61.2 cm³/mol. The van der Waals surface area contributed by atoms with Crippen molar-refractivity contribution in [2.45, 2.75) is 51.0 Å². The van der Waals surface area contributed by atoms with Crippen molar-refractivity contribution in [3.8, 4) is 0 Å². The number of nitrogens with one attached hydrogen (secondary N) is 1. The maximum atomic E-state index is 11.3. The van der Waals surface area contributed by atoms with Crippen LogP contribution in [0.1, 0.15) is 40.0 Å². The van der Waals surface area contributed by atoms with E-state index in [0.29, 0.717) is 12.5 Å². The fraction of sp³-hybridized carbons (Fsp3) is 0.909. The third kappa shape index (κ3) is 4.74. The number of carbonyl (C=O) groups excluding carboxylic acids is 1. The highest BCUT2D eigenvalue weighted by atomic mass is 35.5. The van der Waals surface area contributed by atoms with Crippen LogP contribution >= 0.6 is 11.6 Å². The number of carbonyl (C=O) groups is 1. The number of ether oxygens (including phenoxy) is 1. The number of hydrogen-bond acceptors (Lipinski definition) is 2. The molecule has 3 nitrogen and oxygen atoms in total. The van der Waals surface area contributed by atoms with Crippen molar-refractivity contribution in [3.63, 3.8) is 0 Å². The van der Waals surface area contributed by atoms with Crippen LogP contribution in [0.2, 0.25) is 0 Å². The van der Waals surface area contributed by atoms with E-state index in [1.165, 1.54) is 0 Å². The molecule has 0 aromatic carbocycles. The molecule has 0 aromatic heterocycles. The second kappa shape index (κ2) is 5.06. The molecule has 15 heavy (non-hydrogen) atoms. The van der Waals surface area contributed by atoms with Gasteiger partial charge < -0.3 is 10.1 Å². The number of amides is 1. The van der Waals surface area contributed by atoms with E-state index in [1.54, 1.807) is 0 Å². The van der Waals surface area contributed by atoms with Gasteiger partial charge in [0.2, 0.25) is 0 Å². The first kappa shape index (κ1) is 12.6. The minimum absolute atomic E-state index is 0.208. The number of hydrogen-bond donors (Lipinski definition) is 1. The third-order valence-corrected chi connectivity index (χ3v) is 3.05. The van der Waals surface area contributed by atoms with Gasteiger partial charge in [0, 0.05) is 11.9 Å². The zero-order chi connectivity index (χ0) is 11.5. The molecule has 0 spiro atoms. The zero-order valence-corrected chi connectivity index (χ0v) is 10.4. The molecule has 1 aliphatic rings. The predicted octanol–water partition coefficient (Wildman–Crippen LogP) is 2.92. The summed E-state index contributed by atoms with van der Waals surface area (Å²) < 4.78 is 5.14. The van der Waals surface area contributed by atoms with E-state index in [-0.39, 0.29) is 11.5 Å². The summed E-state index contributed by atoms with van der Waals surface area (Å²) in [5, 5.41) is 2.97. The monoisotopic (exact) mass is 233 g/mol. The molecule has 4 heteroatoms.